The molecule has 0 radical (unpaired) electrons. The average Bonchev–Trinajstić information content (AvgIpc) is 4.13. The number of nitrogens with one attached hydrogen (secondary N) is 3. The first kappa shape index (κ1) is 38.7. The van der Waals surface area contributed by atoms with Crippen LogP contribution >= 0.6 is 34.6 Å². The minimum Gasteiger partial charge on any atom is -0.355 e. The lowest BCUT2D eigenvalue weighted by Gasteiger charge is -2.22. The van der Waals surface area contributed by atoms with Gasteiger partial charge in [0.1, 0.15) is 0 Å². The van der Waals surface area contributed by atoms with E-state index >= 15 is 0 Å². The van der Waals surface area contributed by atoms with E-state index in [-0.39, 0.29) is 23.1 Å². The minimum absolute atomic E-state index is 0.0680. The summed E-state index contributed by atoms with van der Waals surface area (Å²) in [6.07, 6.45) is 0. The Kier molecular flexibility index (Phi) is 8.26. The van der Waals surface area contributed by atoms with Crippen LogP contribution in [0.4, 0.5) is 34.1 Å². The maximum Gasteiger partial charge on any atom is 0.196 e. The molecule has 11 aromatic rings. The molecule has 0 spiro atoms. The highest BCUT2D eigenvalue weighted by Gasteiger charge is 2.33. The van der Waals surface area contributed by atoms with E-state index in [2.05, 4.69) is 16.0 Å². The van der Waals surface area contributed by atoms with Crippen LogP contribution in [0.1, 0.15) is 63.7 Å². The van der Waals surface area contributed by atoms with Crippen LogP contribution in [0.15, 0.2) is 152 Å². The molecule has 0 fully saturated rings. The Labute approximate surface area is 398 Å². The molecule has 68 heavy (non-hydrogen) atoms. The Balaban J connectivity index is 0.834. The molecule has 3 aliphatic carbocycles. The molecular formula is C55H28N6O4S3. The first-order valence-electron chi connectivity index (χ1n) is 21.7. The maximum atomic E-state index is 14.8. The van der Waals surface area contributed by atoms with E-state index in [1.807, 2.05) is 133 Å². The molecule has 3 N–H and O–H groups in total. The van der Waals surface area contributed by atoms with Gasteiger partial charge in [0.15, 0.2) is 23.1 Å². The topological polar surface area (TPSA) is 143 Å². The molecule has 10 nitrogen and oxygen atoms in total. The smallest absolute Gasteiger partial charge is 0.196 e. The van der Waals surface area contributed by atoms with Gasteiger partial charge in [-0.3, -0.25) is 19.2 Å². The molecule has 0 bridgehead atoms. The second-order valence-electron chi connectivity index (χ2n) is 16.8. The van der Waals surface area contributed by atoms with Gasteiger partial charge in [0.2, 0.25) is 0 Å². The number of hydrogen-bond donors (Lipinski definition) is 3. The van der Waals surface area contributed by atoms with Crippen molar-refractivity contribution in [3.8, 4) is 33.8 Å². The molecule has 13 heteroatoms. The summed E-state index contributed by atoms with van der Waals surface area (Å²) < 4.78 is 17.1. The molecule has 8 aromatic carbocycles. The summed E-state index contributed by atoms with van der Waals surface area (Å²) in [7, 11) is 0. The Bertz CT molecular complexity index is 4110. The van der Waals surface area contributed by atoms with E-state index in [1.54, 1.807) is 18.2 Å². The van der Waals surface area contributed by atoms with Crippen LogP contribution in [0.3, 0.4) is 0 Å². The zero-order chi connectivity index (χ0) is 45.4. The van der Waals surface area contributed by atoms with Crippen molar-refractivity contribution in [3.05, 3.63) is 196 Å². The van der Waals surface area contributed by atoms with E-state index in [0.717, 1.165) is 58.5 Å². The van der Waals surface area contributed by atoms with Crippen LogP contribution in [-0.4, -0.2) is 36.3 Å². The molecule has 3 aliphatic rings. The number of nitrogens with zero attached hydrogens (tertiary/aromatic N) is 3. The Morgan fingerprint density at radius 2 is 0.765 bits per heavy atom. The molecule has 0 saturated carbocycles. The predicted molar refractivity (Wildman–Crippen MR) is 272 cm³/mol. The lowest BCUT2D eigenvalue weighted by Crippen LogP contribution is -2.14. The van der Waals surface area contributed by atoms with Gasteiger partial charge >= 0.3 is 0 Å². The summed E-state index contributed by atoms with van der Waals surface area (Å²) in [5, 5.41) is 13.1. The van der Waals surface area contributed by atoms with Gasteiger partial charge in [-0.2, -0.15) is 13.1 Å². The third-order valence-corrected chi connectivity index (χ3v) is 15.5. The number of benzene rings is 8. The van der Waals surface area contributed by atoms with Crippen molar-refractivity contribution in [2.75, 3.05) is 16.0 Å². The maximum absolute atomic E-state index is 14.8. The molecule has 0 amide bonds. The Hall–Kier alpha value is -8.49. The van der Waals surface area contributed by atoms with Crippen molar-refractivity contribution in [1.82, 2.24) is 13.1 Å². The fourth-order valence-electron chi connectivity index (χ4n) is 10.0. The second kappa shape index (κ2) is 14.5. The summed E-state index contributed by atoms with van der Waals surface area (Å²) in [6, 6.07) is 46.7. The molecule has 0 unspecified atom stereocenters. The SMILES string of the molecule is O=C(c1ccc(Nc2cccc3c2C(=O)c2cccc4snc-3c24)cc1)c1ccc(Nc2cccc3c2C(=O)c2cccc4snc-3c24)cc1Nc1cccc2c1C(=O)c1cccc3snc-2c13. The highest BCUT2D eigenvalue weighted by atomic mass is 32.1. The van der Waals surface area contributed by atoms with Gasteiger partial charge in [0.25, 0.3) is 0 Å². The lowest BCUT2D eigenvalue weighted by atomic mass is 9.86. The van der Waals surface area contributed by atoms with Crippen molar-refractivity contribution in [3.63, 3.8) is 0 Å². The highest BCUT2D eigenvalue weighted by Crippen LogP contribution is 2.47. The summed E-state index contributed by atoms with van der Waals surface area (Å²) in [5.74, 6) is -0.564. The number of hydrogen-bond acceptors (Lipinski definition) is 13. The van der Waals surface area contributed by atoms with E-state index < -0.39 is 0 Å². The van der Waals surface area contributed by atoms with Crippen molar-refractivity contribution >= 4 is 122 Å². The number of anilines is 6. The van der Waals surface area contributed by atoms with Crippen LogP contribution in [0, 0.1) is 0 Å². The molecule has 320 valence electrons. The van der Waals surface area contributed by atoms with E-state index in [9.17, 15) is 19.2 Å². The number of carbonyl (C=O) groups is 4. The summed E-state index contributed by atoms with van der Waals surface area (Å²) in [4.78, 5) is 57.3. The van der Waals surface area contributed by atoms with Gasteiger partial charge in [0, 0.05) is 72.0 Å². The Morgan fingerprint density at radius 3 is 1.22 bits per heavy atom. The fraction of sp³-hybridized carbons (Fsp3) is 0. The van der Waals surface area contributed by atoms with Gasteiger partial charge in [-0.25, -0.2) is 0 Å². The van der Waals surface area contributed by atoms with Crippen LogP contribution in [0.25, 0.3) is 64.0 Å². The van der Waals surface area contributed by atoms with Gasteiger partial charge in [-0.15, -0.1) is 0 Å². The van der Waals surface area contributed by atoms with Gasteiger partial charge in [0.05, 0.1) is 70.6 Å². The normalized spacial score (nSPS) is 12.9. The molecule has 3 heterocycles. The number of carbonyl (C=O) groups excluding carboxylic acids is 4. The Morgan fingerprint density at radius 1 is 0.382 bits per heavy atom. The lowest BCUT2D eigenvalue weighted by molar-refractivity contribution is 0.103. The number of fused-ring (bicyclic) bond motifs is 6. The molecule has 14 rings (SSSR count). The summed E-state index contributed by atoms with van der Waals surface area (Å²) >= 11 is 4.12. The summed E-state index contributed by atoms with van der Waals surface area (Å²) in [6.45, 7) is 0. The van der Waals surface area contributed by atoms with Crippen LogP contribution < -0.4 is 16.0 Å². The fourth-order valence-corrected chi connectivity index (χ4v) is 12.5. The molecule has 3 aromatic heterocycles. The van der Waals surface area contributed by atoms with Crippen LogP contribution in [0.2, 0.25) is 0 Å². The van der Waals surface area contributed by atoms with E-state index in [4.69, 9.17) is 13.1 Å². The van der Waals surface area contributed by atoms with E-state index in [1.165, 1.54) is 34.6 Å². The first-order valence-corrected chi connectivity index (χ1v) is 24.0. The van der Waals surface area contributed by atoms with Gasteiger partial charge < -0.3 is 16.0 Å². The largest absolute Gasteiger partial charge is 0.355 e. The third-order valence-electron chi connectivity index (χ3n) is 13.1. The second-order valence-corrected chi connectivity index (χ2v) is 19.3. The van der Waals surface area contributed by atoms with Crippen molar-refractivity contribution in [2.45, 2.75) is 0 Å². The predicted octanol–water partition coefficient (Wildman–Crippen LogP) is 13.6. The highest BCUT2D eigenvalue weighted by molar-refractivity contribution is 7.14. The molecule has 0 atom stereocenters. The molecule has 0 saturated heterocycles. The minimum atomic E-state index is -0.263. The quantitative estimate of drug-likeness (QED) is 0.126. The summed E-state index contributed by atoms with van der Waals surface area (Å²) in [5.41, 5.74) is 12.2. The number of rotatable bonds is 8. The molecular weight excluding hydrogens is 905 g/mol. The van der Waals surface area contributed by atoms with Gasteiger partial charge in [-0.05, 0) is 113 Å². The standard InChI is InChI=1S/C55H28N6O4S3/c62-52(26-19-21-27(22-20-26)56-36-13-1-7-30-43(36)53(63)33-10-4-16-40-46(33)49(30)59-66-40)29-24-23-28(57-37-14-2-8-31-44(37)54(64)34-11-5-17-41-47(34)50(31)60-67-41)25-39(29)58-38-15-3-9-32-45(38)55(65)35-12-6-18-42-48(35)51(32)61-68-42/h1-25,56-58H. The molecule has 0 aliphatic heterocycles. The zero-order valence-corrected chi connectivity index (χ0v) is 37.6. The first-order chi connectivity index (χ1) is 33.4. The number of ketones is 4. The van der Waals surface area contributed by atoms with Crippen molar-refractivity contribution < 1.29 is 19.2 Å². The monoisotopic (exact) mass is 932 g/mol. The van der Waals surface area contributed by atoms with Crippen LogP contribution in [0.5, 0.6) is 0 Å². The van der Waals surface area contributed by atoms with Crippen molar-refractivity contribution in [1.29, 1.82) is 0 Å². The average molecular weight is 933 g/mol. The number of aromatic nitrogens is 3. The van der Waals surface area contributed by atoms with Crippen molar-refractivity contribution in [2.24, 2.45) is 0 Å². The third kappa shape index (κ3) is 5.57. The van der Waals surface area contributed by atoms with E-state index in [0.29, 0.717) is 84.2 Å². The van der Waals surface area contributed by atoms with Gasteiger partial charge in [-0.1, -0.05) is 72.8 Å². The zero-order valence-electron chi connectivity index (χ0n) is 35.1. The van der Waals surface area contributed by atoms with Crippen LogP contribution in [-0.2, 0) is 0 Å².